The summed E-state index contributed by atoms with van der Waals surface area (Å²) in [7, 11) is 0. The van der Waals surface area contributed by atoms with Gasteiger partial charge in [0.2, 0.25) is 5.91 Å². The molecule has 2 aliphatic carbocycles. The number of aliphatic carboxylic acids is 1. The maximum atomic E-state index is 12.2. The van der Waals surface area contributed by atoms with Gasteiger partial charge in [-0.2, -0.15) is 0 Å². The lowest BCUT2D eigenvalue weighted by atomic mass is 9.64. The van der Waals surface area contributed by atoms with Gasteiger partial charge in [-0.3, -0.25) is 9.59 Å². The zero-order valence-corrected chi connectivity index (χ0v) is 11.0. The highest BCUT2D eigenvalue weighted by Crippen LogP contribution is 2.44. The van der Waals surface area contributed by atoms with E-state index in [0.29, 0.717) is 11.8 Å². The molecule has 4 heteroatoms. The van der Waals surface area contributed by atoms with Crippen molar-refractivity contribution in [1.29, 1.82) is 0 Å². The molecule has 2 fully saturated rings. The fraction of sp³-hybridized carbons (Fsp3) is 0.857. The Bertz CT molecular complexity index is 307. The Balaban J connectivity index is 1.85. The van der Waals surface area contributed by atoms with Crippen LogP contribution in [0.1, 0.15) is 45.4 Å². The maximum Gasteiger partial charge on any atom is 0.308 e. The van der Waals surface area contributed by atoms with Crippen LogP contribution in [0.5, 0.6) is 0 Å². The Morgan fingerprint density at radius 3 is 2.00 bits per heavy atom. The molecular weight excluding hydrogens is 230 g/mol. The molecule has 18 heavy (non-hydrogen) atoms. The zero-order chi connectivity index (χ0) is 13.1. The minimum atomic E-state index is -0.848. The average molecular weight is 253 g/mol. The molecule has 0 radical (unpaired) electrons. The second kappa shape index (κ2) is 5.72. The standard InChI is InChI=1S/C14H23NO3/c1-9(14(17)18)8-15-13(16)12(10-4-2-5-10)11-6-3-7-11/h9-12H,2-8H2,1H3,(H,15,16)(H,17,18). The third-order valence-corrected chi connectivity index (χ3v) is 4.62. The van der Waals surface area contributed by atoms with Crippen molar-refractivity contribution in [1.82, 2.24) is 5.32 Å². The minimum absolute atomic E-state index is 0.0949. The second-order valence-corrected chi connectivity index (χ2v) is 5.89. The van der Waals surface area contributed by atoms with E-state index in [2.05, 4.69) is 5.32 Å². The van der Waals surface area contributed by atoms with E-state index >= 15 is 0 Å². The van der Waals surface area contributed by atoms with Crippen LogP contribution in [0.3, 0.4) is 0 Å². The van der Waals surface area contributed by atoms with Crippen molar-refractivity contribution in [3.63, 3.8) is 0 Å². The number of carbonyl (C=O) groups excluding carboxylic acids is 1. The Morgan fingerprint density at radius 1 is 1.17 bits per heavy atom. The van der Waals surface area contributed by atoms with Gasteiger partial charge in [0.05, 0.1) is 5.92 Å². The maximum absolute atomic E-state index is 12.2. The highest BCUT2D eigenvalue weighted by atomic mass is 16.4. The van der Waals surface area contributed by atoms with E-state index in [1.807, 2.05) is 0 Å². The number of hydrogen-bond donors (Lipinski definition) is 2. The summed E-state index contributed by atoms with van der Waals surface area (Å²) in [6.07, 6.45) is 7.16. The van der Waals surface area contributed by atoms with E-state index in [1.54, 1.807) is 6.92 Å². The molecule has 2 N–H and O–H groups in total. The molecule has 4 nitrogen and oxygen atoms in total. The molecule has 2 aliphatic rings. The van der Waals surface area contributed by atoms with E-state index in [0.717, 1.165) is 0 Å². The van der Waals surface area contributed by atoms with Crippen LogP contribution in [-0.4, -0.2) is 23.5 Å². The minimum Gasteiger partial charge on any atom is -0.481 e. The average Bonchev–Trinajstić information content (AvgIpc) is 2.19. The third-order valence-electron chi connectivity index (χ3n) is 4.62. The number of carboxylic acids is 1. The monoisotopic (exact) mass is 253 g/mol. The predicted octanol–water partition coefficient (Wildman–Crippen LogP) is 2.04. The van der Waals surface area contributed by atoms with E-state index in [1.165, 1.54) is 38.5 Å². The molecule has 2 saturated carbocycles. The molecule has 0 aromatic carbocycles. The SMILES string of the molecule is CC(CNC(=O)C(C1CCC1)C1CCC1)C(=O)O. The van der Waals surface area contributed by atoms with Gasteiger partial charge in [-0.1, -0.05) is 19.8 Å². The van der Waals surface area contributed by atoms with Crippen molar-refractivity contribution >= 4 is 11.9 Å². The summed E-state index contributed by atoms with van der Waals surface area (Å²) in [6, 6.07) is 0. The number of rotatable bonds is 6. The van der Waals surface area contributed by atoms with Crippen LogP contribution in [0.15, 0.2) is 0 Å². The van der Waals surface area contributed by atoms with Crippen LogP contribution in [0.4, 0.5) is 0 Å². The van der Waals surface area contributed by atoms with E-state index in [9.17, 15) is 9.59 Å². The van der Waals surface area contributed by atoms with Crippen molar-refractivity contribution < 1.29 is 14.7 Å². The molecule has 1 atom stereocenters. The molecule has 102 valence electrons. The van der Waals surface area contributed by atoms with Gasteiger partial charge in [0, 0.05) is 12.5 Å². The molecule has 0 saturated heterocycles. The first-order valence-corrected chi connectivity index (χ1v) is 7.10. The Morgan fingerprint density at radius 2 is 1.67 bits per heavy atom. The first-order valence-electron chi connectivity index (χ1n) is 7.10. The second-order valence-electron chi connectivity index (χ2n) is 5.89. The smallest absolute Gasteiger partial charge is 0.308 e. The normalized spacial score (nSPS) is 22.1. The van der Waals surface area contributed by atoms with Crippen LogP contribution in [0.25, 0.3) is 0 Å². The van der Waals surface area contributed by atoms with Gasteiger partial charge in [-0.05, 0) is 37.5 Å². The molecule has 1 amide bonds. The lowest BCUT2D eigenvalue weighted by Gasteiger charge is -2.41. The van der Waals surface area contributed by atoms with Gasteiger partial charge in [0.25, 0.3) is 0 Å². The summed E-state index contributed by atoms with van der Waals surface area (Å²) in [6.45, 7) is 1.88. The molecule has 0 bridgehead atoms. The third kappa shape index (κ3) is 2.85. The van der Waals surface area contributed by atoms with Crippen LogP contribution in [0.2, 0.25) is 0 Å². The lowest BCUT2D eigenvalue weighted by molar-refractivity contribution is -0.141. The van der Waals surface area contributed by atoms with E-state index in [-0.39, 0.29) is 18.4 Å². The summed E-state index contributed by atoms with van der Waals surface area (Å²) in [5.41, 5.74) is 0. The molecule has 1 unspecified atom stereocenters. The van der Waals surface area contributed by atoms with Gasteiger partial charge in [-0.25, -0.2) is 0 Å². The first-order chi connectivity index (χ1) is 8.59. The van der Waals surface area contributed by atoms with Crippen molar-refractivity contribution in [2.45, 2.75) is 45.4 Å². The van der Waals surface area contributed by atoms with Gasteiger partial charge in [-0.15, -0.1) is 0 Å². The lowest BCUT2D eigenvalue weighted by Crippen LogP contribution is -2.45. The number of carbonyl (C=O) groups is 2. The molecule has 0 aromatic heterocycles. The molecule has 0 aromatic rings. The summed E-state index contributed by atoms with van der Waals surface area (Å²) in [5.74, 6) is -0.00613. The summed E-state index contributed by atoms with van der Waals surface area (Å²) in [4.78, 5) is 23.0. The van der Waals surface area contributed by atoms with Crippen LogP contribution >= 0.6 is 0 Å². The number of nitrogens with one attached hydrogen (secondary N) is 1. The largest absolute Gasteiger partial charge is 0.481 e. The van der Waals surface area contributed by atoms with Crippen molar-refractivity contribution in [2.75, 3.05) is 6.54 Å². The highest BCUT2D eigenvalue weighted by Gasteiger charge is 2.40. The Labute approximate surface area is 108 Å². The van der Waals surface area contributed by atoms with E-state index < -0.39 is 11.9 Å². The summed E-state index contributed by atoms with van der Waals surface area (Å²) < 4.78 is 0. The first kappa shape index (κ1) is 13.4. The predicted molar refractivity (Wildman–Crippen MR) is 68.0 cm³/mol. The summed E-state index contributed by atoms with van der Waals surface area (Å²) in [5, 5.41) is 11.7. The number of amides is 1. The molecular formula is C14H23NO3. The van der Waals surface area contributed by atoms with Gasteiger partial charge in [0.15, 0.2) is 0 Å². The molecule has 0 heterocycles. The molecule has 0 aliphatic heterocycles. The van der Waals surface area contributed by atoms with Gasteiger partial charge < -0.3 is 10.4 Å². The summed E-state index contributed by atoms with van der Waals surface area (Å²) >= 11 is 0. The van der Waals surface area contributed by atoms with Crippen LogP contribution in [0, 0.1) is 23.7 Å². The topological polar surface area (TPSA) is 66.4 Å². The van der Waals surface area contributed by atoms with Crippen LogP contribution in [-0.2, 0) is 9.59 Å². The number of carboxylic acid groups (broad SMARTS) is 1. The van der Waals surface area contributed by atoms with Crippen molar-refractivity contribution in [3.8, 4) is 0 Å². The highest BCUT2D eigenvalue weighted by molar-refractivity contribution is 5.80. The fourth-order valence-electron chi connectivity index (χ4n) is 2.87. The van der Waals surface area contributed by atoms with Crippen molar-refractivity contribution in [2.24, 2.45) is 23.7 Å². The fourth-order valence-corrected chi connectivity index (χ4v) is 2.87. The Hall–Kier alpha value is -1.06. The molecule has 2 rings (SSSR count). The zero-order valence-electron chi connectivity index (χ0n) is 11.0. The van der Waals surface area contributed by atoms with Crippen LogP contribution < -0.4 is 5.32 Å². The quantitative estimate of drug-likeness (QED) is 0.761. The molecule has 0 spiro atoms. The van der Waals surface area contributed by atoms with Gasteiger partial charge in [0.1, 0.15) is 0 Å². The number of hydrogen-bond acceptors (Lipinski definition) is 2. The Kier molecular flexibility index (Phi) is 4.25. The van der Waals surface area contributed by atoms with Crippen molar-refractivity contribution in [3.05, 3.63) is 0 Å². The van der Waals surface area contributed by atoms with E-state index in [4.69, 9.17) is 5.11 Å². The van der Waals surface area contributed by atoms with Gasteiger partial charge >= 0.3 is 5.97 Å².